The monoisotopic (exact) mass is 581 g/mol. The third-order valence-electron chi connectivity index (χ3n) is 6.65. The third kappa shape index (κ3) is 10.9. The molecule has 0 radical (unpaired) electrons. The first-order valence-corrected chi connectivity index (χ1v) is 17.9. The Morgan fingerprint density at radius 1 is 1.03 bits per heavy atom. The van der Waals surface area contributed by atoms with Gasteiger partial charge in [0.25, 0.3) is 0 Å². The number of rotatable bonds is 17. The number of benzene rings is 2. The largest absolute Gasteiger partial charge is 0.520 e. The number of unbranched alkanes of at least 4 members (excludes halogenated alkanes) is 2. The van der Waals surface area contributed by atoms with Crippen molar-refractivity contribution < 1.29 is 37.8 Å². The van der Waals surface area contributed by atoms with Crippen LogP contribution in [0.5, 0.6) is 17.2 Å². The minimum absolute atomic E-state index is 0.101. The lowest BCUT2D eigenvalue weighted by Gasteiger charge is -2.36. The molecule has 0 fully saturated rings. The maximum absolute atomic E-state index is 10.9. The quantitative estimate of drug-likeness (QED) is 0.149. The second-order valence-corrected chi connectivity index (χ2v) is 15.2. The summed E-state index contributed by atoms with van der Waals surface area (Å²) in [5.41, 5.74) is 2.03. The molecule has 0 spiro atoms. The Labute approximate surface area is 233 Å². The first-order valence-electron chi connectivity index (χ1n) is 13.9. The highest BCUT2D eigenvalue weighted by atomic mass is 31.2. The molecule has 2 aromatic rings. The minimum Gasteiger partial charge on any atom is -0.520 e. The van der Waals surface area contributed by atoms with E-state index in [-0.39, 0.29) is 12.6 Å². The van der Waals surface area contributed by atoms with Crippen molar-refractivity contribution in [1.82, 2.24) is 5.32 Å². The summed E-state index contributed by atoms with van der Waals surface area (Å²) in [6.45, 7) is 7.51. The van der Waals surface area contributed by atoms with Crippen LogP contribution in [0.4, 0.5) is 0 Å². The number of hydrogen-bond donors (Lipinski definition) is 4. The fraction of sp³-hybridized carbons (Fsp3) is 0.571. The summed E-state index contributed by atoms with van der Waals surface area (Å²) < 4.78 is 34.8. The van der Waals surface area contributed by atoms with E-state index in [0.717, 1.165) is 61.1 Å². The van der Waals surface area contributed by atoms with Crippen molar-refractivity contribution in [2.24, 2.45) is 0 Å². The van der Waals surface area contributed by atoms with Crippen LogP contribution < -0.4 is 19.2 Å². The first-order chi connectivity index (χ1) is 18.6. The Morgan fingerprint density at radius 2 is 1.69 bits per heavy atom. The van der Waals surface area contributed by atoms with Gasteiger partial charge in [-0.15, -0.1) is 0 Å². The molecule has 0 saturated carbocycles. The summed E-state index contributed by atoms with van der Waals surface area (Å²) in [6.07, 6.45) is 3.92. The van der Waals surface area contributed by atoms with Gasteiger partial charge in [-0.25, -0.2) is 0 Å². The molecule has 2 unspecified atom stereocenters. The zero-order chi connectivity index (χ0) is 28.3. The minimum atomic E-state index is -4.20. The predicted molar refractivity (Wildman–Crippen MR) is 154 cm³/mol. The van der Waals surface area contributed by atoms with Crippen molar-refractivity contribution in [2.45, 2.75) is 83.7 Å². The van der Waals surface area contributed by atoms with Crippen molar-refractivity contribution in [2.75, 3.05) is 19.5 Å². The van der Waals surface area contributed by atoms with Gasteiger partial charge in [0.1, 0.15) is 30.0 Å². The molecule has 1 aliphatic rings. The summed E-state index contributed by atoms with van der Waals surface area (Å²) in [5.74, 6) is 2.00. The Bertz CT molecular complexity index is 1060. The standard InChI is InChI=1S/C28H44NO8PSi/c1-4-6-14-39(15-7-5-2)36-19-24-17-27(12-13-28(24)37-39)34-20-25(30)18-29-22(3)16-23-8-10-26(11-9-23)35-21-38(31,32)33/h8-13,17,22,25,29-30H,4-7,14-16,18-21H2,1-3H3,(H2,31,32,33). The second kappa shape index (κ2) is 15.2. The number of aliphatic hydroxyl groups excluding tert-OH is 1. The molecule has 2 aromatic carbocycles. The van der Waals surface area contributed by atoms with Crippen LogP contribution in [-0.4, -0.2) is 55.1 Å². The fourth-order valence-electron chi connectivity index (χ4n) is 4.46. The van der Waals surface area contributed by atoms with Crippen LogP contribution in [0.15, 0.2) is 42.5 Å². The van der Waals surface area contributed by atoms with E-state index < -0.39 is 28.6 Å². The van der Waals surface area contributed by atoms with Gasteiger partial charge in [-0.3, -0.25) is 4.57 Å². The van der Waals surface area contributed by atoms with Crippen molar-refractivity contribution in [3.63, 3.8) is 0 Å². The predicted octanol–water partition coefficient (Wildman–Crippen LogP) is 5.11. The van der Waals surface area contributed by atoms with E-state index in [1.54, 1.807) is 12.1 Å². The van der Waals surface area contributed by atoms with Crippen LogP contribution in [0.3, 0.4) is 0 Å². The molecule has 0 aromatic heterocycles. The summed E-state index contributed by atoms with van der Waals surface area (Å²) in [5, 5.41) is 13.8. The molecule has 11 heteroatoms. The van der Waals surface area contributed by atoms with Gasteiger partial charge in [0.2, 0.25) is 0 Å². The highest BCUT2D eigenvalue weighted by Crippen LogP contribution is 2.37. The Morgan fingerprint density at radius 3 is 2.33 bits per heavy atom. The second-order valence-electron chi connectivity index (χ2n) is 10.3. The van der Waals surface area contributed by atoms with E-state index in [9.17, 15) is 9.67 Å². The van der Waals surface area contributed by atoms with Gasteiger partial charge < -0.3 is 38.5 Å². The molecule has 4 N–H and O–H groups in total. The summed E-state index contributed by atoms with van der Waals surface area (Å²) in [7, 11) is -6.42. The molecule has 1 heterocycles. The van der Waals surface area contributed by atoms with Gasteiger partial charge in [0.05, 0.1) is 6.61 Å². The molecule has 0 aliphatic carbocycles. The Hall–Kier alpha value is -1.91. The lowest BCUT2D eigenvalue weighted by atomic mass is 10.1. The van der Waals surface area contributed by atoms with Crippen LogP contribution >= 0.6 is 7.60 Å². The van der Waals surface area contributed by atoms with Gasteiger partial charge in [0, 0.05) is 30.2 Å². The summed E-state index contributed by atoms with van der Waals surface area (Å²) >= 11 is 0. The van der Waals surface area contributed by atoms with E-state index in [1.807, 2.05) is 37.3 Å². The average Bonchev–Trinajstić information content (AvgIpc) is 2.92. The Kier molecular flexibility index (Phi) is 12.3. The Balaban J connectivity index is 1.42. The lowest BCUT2D eigenvalue weighted by Crippen LogP contribution is -2.47. The van der Waals surface area contributed by atoms with E-state index in [1.165, 1.54) is 0 Å². The molecule has 218 valence electrons. The highest BCUT2D eigenvalue weighted by molar-refractivity contribution is 7.51. The van der Waals surface area contributed by atoms with Gasteiger partial charge in [-0.05, 0) is 49.2 Å². The maximum atomic E-state index is 10.9. The third-order valence-corrected chi connectivity index (χ3v) is 10.6. The van der Waals surface area contributed by atoms with E-state index in [4.69, 9.17) is 28.1 Å². The molecule has 0 amide bonds. The van der Waals surface area contributed by atoms with Crippen molar-refractivity contribution >= 4 is 16.2 Å². The van der Waals surface area contributed by atoms with E-state index >= 15 is 0 Å². The molecule has 9 nitrogen and oxygen atoms in total. The topological polar surface area (TPSA) is 127 Å². The van der Waals surface area contributed by atoms with Gasteiger partial charge in [-0.1, -0.05) is 51.7 Å². The zero-order valence-electron chi connectivity index (χ0n) is 23.3. The molecule has 39 heavy (non-hydrogen) atoms. The van der Waals surface area contributed by atoms with Gasteiger partial charge >= 0.3 is 16.2 Å². The maximum Gasteiger partial charge on any atom is 0.399 e. The number of hydrogen-bond acceptors (Lipinski definition) is 7. The van der Waals surface area contributed by atoms with E-state index in [0.29, 0.717) is 24.7 Å². The molecular formula is C28H44NO8PSi. The molecule has 3 rings (SSSR count). The lowest BCUT2D eigenvalue weighted by molar-refractivity contribution is 0.104. The number of ether oxygens (including phenoxy) is 2. The fourth-order valence-corrected chi connectivity index (χ4v) is 8.38. The molecule has 0 bridgehead atoms. The first kappa shape index (κ1) is 31.6. The van der Waals surface area contributed by atoms with Crippen LogP contribution in [0, 0.1) is 0 Å². The van der Waals surface area contributed by atoms with Gasteiger partial charge in [0.15, 0.2) is 6.35 Å². The SMILES string of the molecule is CCCC[Si]1(CCCC)OCc2cc(OCC(O)CNC(C)Cc3ccc(OCP(=O)(O)O)cc3)ccc2O1. The van der Waals surface area contributed by atoms with Crippen molar-refractivity contribution in [3.8, 4) is 17.2 Å². The summed E-state index contributed by atoms with van der Waals surface area (Å²) in [6, 6.07) is 15.1. The number of nitrogens with one attached hydrogen (secondary N) is 1. The van der Waals surface area contributed by atoms with Crippen molar-refractivity contribution in [1.29, 1.82) is 0 Å². The molecule has 0 saturated heterocycles. The number of fused-ring (bicyclic) bond motifs is 1. The zero-order valence-corrected chi connectivity index (χ0v) is 25.2. The van der Waals surface area contributed by atoms with Gasteiger partial charge in [-0.2, -0.15) is 0 Å². The number of aliphatic hydroxyl groups is 1. The highest BCUT2D eigenvalue weighted by Gasteiger charge is 2.41. The molecular weight excluding hydrogens is 537 g/mol. The van der Waals surface area contributed by atoms with Crippen LogP contribution in [-0.2, 0) is 22.0 Å². The van der Waals surface area contributed by atoms with E-state index in [2.05, 4.69) is 19.2 Å². The molecule has 1 aliphatic heterocycles. The van der Waals surface area contributed by atoms with Crippen LogP contribution in [0.25, 0.3) is 0 Å². The van der Waals surface area contributed by atoms with Crippen LogP contribution in [0.1, 0.15) is 57.6 Å². The smallest absolute Gasteiger partial charge is 0.399 e. The summed E-state index contributed by atoms with van der Waals surface area (Å²) in [4.78, 5) is 17.8. The average molecular weight is 582 g/mol. The van der Waals surface area contributed by atoms with Crippen LogP contribution in [0.2, 0.25) is 12.1 Å². The molecule has 2 atom stereocenters. The van der Waals surface area contributed by atoms with Crippen molar-refractivity contribution in [3.05, 3.63) is 53.6 Å². The normalized spacial score (nSPS) is 16.2.